The predicted octanol–water partition coefficient (Wildman–Crippen LogP) is 5.81. The number of unbranched alkanes of at least 4 members (excludes halogenated alkanes) is 16. The molecule has 0 radical (unpaired) electrons. The quantitative estimate of drug-likeness (QED) is 0.181. The van der Waals surface area contributed by atoms with Crippen molar-refractivity contribution >= 4 is 15.9 Å². The minimum atomic E-state index is -4.36. The molecule has 0 fully saturated rings. The molecule has 0 aliphatic carbocycles. The molecule has 0 rings (SSSR count). The lowest BCUT2D eigenvalue weighted by Crippen LogP contribution is -2.36. The lowest BCUT2D eigenvalue weighted by atomic mass is 10.0. The zero-order valence-corrected chi connectivity index (χ0v) is 19.0. The minimum Gasteiger partial charge on any atom is -0.329 e. The number of carbonyl (C=O) groups is 1. The molecule has 6 heteroatoms. The maximum absolute atomic E-state index is 11.8. The Morgan fingerprint density at radius 3 is 1.32 bits per heavy atom. The van der Waals surface area contributed by atoms with Crippen molar-refractivity contribution in [2.24, 2.45) is 5.73 Å². The fraction of sp³-hybridized carbons (Fsp3) is 0.955. The van der Waals surface area contributed by atoms with Crippen molar-refractivity contribution in [3.8, 4) is 0 Å². The van der Waals surface area contributed by atoms with Gasteiger partial charge in [0.25, 0.3) is 10.1 Å². The van der Waals surface area contributed by atoms with E-state index in [9.17, 15) is 13.2 Å². The van der Waals surface area contributed by atoms with Crippen molar-refractivity contribution in [2.75, 3.05) is 6.54 Å². The summed E-state index contributed by atoms with van der Waals surface area (Å²) in [6.07, 6.45) is 21.7. The molecule has 0 aromatic carbocycles. The van der Waals surface area contributed by atoms with E-state index < -0.39 is 21.2 Å². The average Bonchev–Trinajstić information content (AvgIpc) is 2.63. The normalized spacial score (nSPS) is 13.0. The number of nitrogens with two attached hydrogens (primary N) is 1. The minimum absolute atomic E-state index is 0.181. The van der Waals surface area contributed by atoms with Gasteiger partial charge in [0, 0.05) is 13.0 Å². The molecule has 0 saturated carbocycles. The third-order valence-electron chi connectivity index (χ3n) is 5.46. The first-order valence-corrected chi connectivity index (χ1v) is 13.1. The Labute approximate surface area is 174 Å². The van der Waals surface area contributed by atoms with Crippen LogP contribution in [0.1, 0.15) is 122 Å². The molecule has 0 aromatic heterocycles. The van der Waals surface area contributed by atoms with Gasteiger partial charge in [0.15, 0.2) is 11.0 Å². The van der Waals surface area contributed by atoms with E-state index in [0.717, 1.165) is 12.8 Å². The molecule has 0 amide bonds. The second kappa shape index (κ2) is 18.6. The average molecular weight is 420 g/mol. The lowest BCUT2D eigenvalue weighted by molar-refractivity contribution is -0.118. The summed E-state index contributed by atoms with van der Waals surface area (Å²) in [5.41, 5.74) is 5.27. The van der Waals surface area contributed by atoms with Crippen molar-refractivity contribution in [3.63, 3.8) is 0 Å². The van der Waals surface area contributed by atoms with Crippen molar-refractivity contribution in [1.82, 2.24) is 0 Å². The highest BCUT2D eigenvalue weighted by Crippen LogP contribution is 2.14. The van der Waals surface area contributed by atoms with Gasteiger partial charge in [-0.1, -0.05) is 110 Å². The molecule has 0 aliphatic rings. The molecular formula is C22H45NO4S. The van der Waals surface area contributed by atoms with Crippen LogP contribution >= 0.6 is 0 Å². The summed E-state index contributed by atoms with van der Waals surface area (Å²) in [5.74, 6) is -0.467. The number of rotatable bonds is 21. The zero-order valence-electron chi connectivity index (χ0n) is 18.2. The molecule has 0 saturated heterocycles. The number of Topliss-reactive ketones (excluding diaryl/α,β-unsaturated/α-hetero) is 1. The van der Waals surface area contributed by atoms with Crippen LogP contribution in [-0.4, -0.2) is 30.5 Å². The fourth-order valence-corrected chi connectivity index (χ4v) is 4.30. The SMILES string of the molecule is CCCCCCCCCCCCCCCCCCCC(=O)C(CN)S(=O)(=O)O. The second-order valence-corrected chi connectivity index (χ2v) is 9.71. The van der Waals surface area contributed by atoms with Gasteiger partial charge in [-0.25, -0.2) is 0 Å². The number of hydrogen-bond acceptors (Lipinski definition) is 4. The van der Waals surface area contributed by atoms with Crippen molar-refractivity contribution in [3.05, 3.63) is 0 Å². The summed E-state index contributed by atoms with van der Waals surface area (Å²) in [5, 5.41) is -1.45. The monoisotopic (exact) mass is 419 g/mol. The van der Waals surface area contributed by atoms with Crippen LogP contribution < -0.4 is 5.73 Å². The molecule has 0 aromatic rings. The number of carbonyl (C=O) groups excluding carboxylic acids is 1. The van der Waals surface area contributed by atoms with Gasteiger partial charge in [-0.15, -0.1) is 0 Å². The Kier molecular flexibility index (Phi) is 18.3. The molecule has 0 bridgehead atoms. The molecule has 28 heavy (non-hydrogen) atoms. The summed E-state index contributed by atoms with van der Waals surface area (Å²) in [4.78, 5) is 11.8. The smallest absolute Gasteiger partial charge is 0.276 e. The summed E-state index contributed by atoms with van der Waals surface area (Å²) in [7, 11) is -4.36. The van der Waals surface area contributed by atoms with Gasteiger partial charge >= 0.3 is 0 Å². The Hall–Kier alpha value is -0.460. The summed E-state index contributed by atoms with van der Waals surface area (Å²) >= 11 is 0. The third kappa shape index (κ3) is 16.5. The molecule has 5 nitrogen and oxygen atoms in total. The van der Waals surface area contributed by atoms with E-state index >= 15 is 0 Å². The van der Waals surface area contributed by atoms with Crippen LogP contribution in [0.2, 0.25) is 0 Å². The van der Waals surface area contributed by atoms with Gasteiger partial charge in [-0.2, -0.15) is 8.42 Å². The summed E-state index contributed by atoms with van der Waals surface area (Å²) in [6.45, 7) is 1.91. The first kappa shape index (κ1) is 27.5. The fourth-order valence-electron chi connectivity index (χ4n) is 3.60. The molecule has 1 atom stereocenters. The second-order valence-electron chi connectivity index (χ2n) is 8.11. The van der Waals surface area contributed by atoms with Gasteiger partial charge in [0.1, 0.15) is 0 Å². The van der Waals surface area contributed by atoms with Gasteiger partial charge in [-0.3, -0.25) is 9.35 Å². The Morgan fingerprint density at radius 2 is 1.04 bits per heavy atom. The van der Waals surface area contributed by atoms with Crippen LogP contribution in [0.4, 0.5) is 0 Å². The highest BCUT2D eigenvalue weighted by molar-refractivity contribution is 7.87. The largest absolute Gasteiger partial charge is 0.329 e. The third-order valence-corrected chi connectivity index (χ3v) is 6.63. The molecule has 168 valence electrons. The highest BCUT2D eigenvalue weighted by atomic mass is 32.2. The van der Waals surface area contributed by atoms with Crippen LogP contribution in [0, 0.1) is 0 Å². The predicted molar refractivity (Wildman–Crippen MR) is 118 cm³/mol. The Bertz CT molecular complexity index is 465. The van der Waals surface area contributed by atoms with Crippen molar-refractivity contribution in [1.29, 1.82) is 0 Å². The maximum atomic E-state index is 11.8. The van der Waals surface area contributed by atoms with Crippen LogP contribution in [-0.2, 0) is 14.9 Å². The van der Waals surface area contributed by atoms with E-state index in [0.29, 0.717) is 6.42 Å². The van der Waals surface area contributed by atoms with Gasteiger partial charge < -0.3 is 5.73 Å². The Morgan fingerprint density at radius 1 is 0.714 bits per heavy atom. The van der Waals surface area contributed by atoms with E-state index in [2.05, 4.69) is 6.92 Å². The zero-order chi connectivity index (χ0) is 21.1. The van der Waals surface area contributed by atoms with Crippen LogP contribution in [0.3, 0.4) is 0 Å². The van der Waals surface area contributed by atoms with E-state index in [1.54, 1.807) is 0 Å². The molecular weight excluding hydrogens is 374 g/mol. The summed E-state index contributed by atoms with van der Waals surface area (Å²) in [6, 6.07) is 0. The van der Waals surface area contributed by atoms with E-state index in [-0.39, 0.29) is 13.0 Å². The van der Waals surface area contributed by atoms with Crippen molar-refractivity contribution < 1.29 is 17.8 Å². The van der Waals surface area contributed by atoms with E-state index in [1.807, 2.05) is 0 Å². The van der Waals surface area contributed by atoms with Gasteiger partial charge in [-0.05, 0) is 6.42 Å². The molecule has 1 unspecified atom stereocenters. The maximum Gasteiger partial charge on any atom is 0.276 e. The first-order valence-electron chi connectivity index (χ1n) is 11.6. The molecule has 0 aliphatic heterocycles. The number of ketones is 1. The summed E-state index contributed by atoms with van der Waals surface area (Å²) < 4.78 is 31.0. The first-order chi connectivity index (χ1) is 13.4. The molecule has 3 N–H and O–H groups in total. The lowest BCUT2D eigenvalue weighted by Gasteiger charge is -2.09. The van der Waals surface area contributed by atoms with Crippen LogP contribution in [0.15, 0.2) is 0 Å². The van der Waals surface area contributed by atoms with E-state index in [1.165, 1.54) is 89.9 Å². The number of hydrogen-bond donors (Lipinski definition) is 2. The topological polar surface area (TPSA) is 97.5 Å². The Balaban J connectivity index is 3.33. The van der Waals surface area contributed by atoms with Crippen LogP contribution in [0.25, 0.3) is 0 Å². The standard InChI is InChI=1S/C22H45NO4S/c1-2-3-4-5-6-7-8-9-10-11-12-13-14-15-16-17-18-19-21(24)22(20-23)28(25,26)27/h22H,2-20,23H2,1H3,(H,25,26,27). The van der Waals surface area contributed by atoms with Crippen molar-refractivity contribution in [2.45, 2.75) is 128 Å². The highest BCUT2D eigenvalue weighted by Gasteiger charge is 2.28. The van der Waals surface area contributed by atoms with Gasteiger partial charge in [0.05, 0.1) is 0 Å². The van der Waals surface area contributed by atoms with Crippen LogP contribution in [0.5, 0.6) is 0 Å². The molecule has 0 spiro atoms. The van der Waals surface area contributed by atoms with Gasteiger partial charge in [0.2, 0.25) is 0 Å². The molecule has 0 heterocycles. The van der Waals surface area contributed by atoms with E-state index in [4.69, 9.17) is 10.3 Å².